The van der Waals surface area contributed by atoms with Gasteiger partial charge in [0.05, 0.1) is 11.9 Å². The Labute approximate surface area is 78.4 Å². The molecular formula is C8H15FO3S. The lowest BCUT2D eigenvalue weighted by Crippen LogP contribution is -2.27. The standard InChI is InChI=1S/C8H15FO3S/c1-2-13(10,11)12-8-5-3-4-7(9)6-8/h7-8H,2-6H2,1H3. The molecule has 3 nitrogen and oxygen atoms in total. The normalized spacial score (nSPS) is 30.3. The van der Waals surface area contributed by atoms with Gasteiger partial charge in [0, 0.05) is 6.42 Å². The Morgan fingerprint density at radius 2 is 2.15 bits per heavy atom. The van der Waals surface area contributed by atoms with E-state index in [4.69, 9.17) is 4.18 Å². The Hall–Kier alpha value is -0.160. The number of hydrogen-bond donors (Lipinski definition) is 0. The maximum absolute atomic E-state index is 12.8. The molecule has 0 heterocycles. The molecule has 1 rings (SSSR count). The molecule has 0 aromatic carbocycles. The summed E-state index contributed by atoms with van der Waals surface area (Å²) in [4.78, 5) is 0. The number of alkyl halides is 1. The Balaban J connectivity index is 2.45. The van der Waals surface area contributed by atoms with Crippen molar-refractivity contribution in [2.75, 3.05) is 5.75 Å². The van der Waals surface area contributed by atoms with Gasteiger partial charge in [-0.25, -0.2) is 4.39 Å². The lowest BCUT2D eigenvalue weighted by molar-refractivity contribution is 0.109. The van der Waals surface area contributed by atoms with E-state index in [0.29, 0.717) is 19.3 Å². The Bertz CT molecular complexity index is 250. The summed E-state index contributed by atoms with van der Waals surface area (Å²) in [6.45, 7) is 1.52. The van der Waals surface area contributed by atoms with Crippen LogP contribution in [0.1, 0.15) is 32.6 Å². The van der Waals surface area contributed by atoms with Crippen LogP contribution in [0.4, 0.5) is 4.39 Å². The monoisotopic (exact) mass is 210 g/mol. The molecule has 0 spiro atoms. The third-order valence-corrected chi connectivity index (χ3v) is 3.47. The molecule has 0 radical (unpaired) electrons. The average Bonchev–Trinajstić information content (AvgIpc) is 2.03. The van der Waals surface area contributed by atoms with Gasteiger partial charge in [0.15, 0.2) is 0 Å². The summed E-state index contributed by atoms with van der Waals surface area (Å²) >= 11 is 0. The van der Waals surface area contributed by atoms with E-state index >= 15 is 0 Å². The quantitative estimate of drug-likeness (QED) is 0.665. The van der Waals surface area contributed by atoms with Crippen LogP contribution in [0.5, 0.6) is 0 Å². The average molecular weight is 210 g/mol. The summed E-state index contributed by atoms with van der Waals surface area (Å²) in [5, 5.41) is 0. The molecule has 0 amide bonds. The van der Waals surface area contributed by atoms with Crippen LogP contribution in [0.3, 0.4) is 0 Å². The van der Waals surface area contributed by atoms with Crippen LogP contribution in [-0.4, -0.2) is 26.4 Å². The van der Waals surface area contributed by atoms with Gasteiger partial charge in [-0.1, -0.05) is 0 Å². The van der Waals surface area contributed by atoms with E-state index < -0.39 is 22.4 Å². The van der Waals surface area contributed by atoms with Crippen molar-refractivity contribution < 1.29 is 17.0 Å². The van der Waals surface area contributed by atoms with E-state index in [0.717, 1.165) is 0 Å². The largest absolute Gasteiger partial charge is 0.267 e. The summed E-state index contributed by atoms with van der Waals surface area (Å²) in [7, 11) is -3.41. The van der Waals surface area contributed by atoms with E-state index in [9.17, 15) is 12.8 Å². The predicted octanol–water partition coefficient (Wildman–Crippen LogP) is 1.63. The van der Waals surface area contributed by atoms with Crippen molar-refractivity contribution in [2.24, 2.45) is 0 Å². The molecule has 5 heteroatoms. The molecule has 1 fully saturated rings. The molecule has 0 N–H and O–H groups in total. The first kappa shape index (κ1) is 10.9. The minimum absolute atomic E-state index is 0.0412. The molecule has 2 atom stereocenters. The maximum Gasteiger partial charge on any atom is 0.267 e. The minimum Gasteiger partial charge on any atom is -0.267 e. The Kier molecular flexibility index (Phi) is 3.67. The van der Waals surface area contributed by atoms with Gasteiger partial charge in [0.25, 0.3) is 10.1 Å². The summed E-state index contributed by atoms with van der Waals surface area (Å²) in [5.41, 5.74) is 0. The van der Waals surface area contributed by atoms with E-state index in [1.165, 1.54) is 6.92 Å². The molecular weight excluding hydrogens is 195 g/mol. The smallest absolute Gasteiger partial charge is 0.267 e. The molecule has 1 aliphatic rings. The zero-order valence-corrected chi connectivity index (χ0v) is 8.52. The molecule has 0 aromatic heterocycles. The Morgan fingerprint density at radius 3 is 2.69 bits per heavy atom. The van der Waals surface area contributed by atoms with Crippen molar-refractivity contribution in [3.8, 4) is 0 Å². The fourth-order valence-corrected chi connectivity index (χ4v) is 2.18. The highest BCUT2D eigenvalue weighted by atomic mass is 32.2. The van der Waals surface area contributed by atoms with Gasteiger partial charge in [-0.15, -0.1) is 0 Å². The molecule has 0 saturated heterocycles. The molecule has 0 bridgehead atoms. The number of rotatable bonds is 3. The predicted molar refractivity (Wildman–Crippen MR) is 47.7 cm³/mol. The molecule has 13 heavy (non-hydrogen) atoms. The third-order valence-electron chi connectivity index (χ3n) is 2.20. The molecule has 1 saturated carbocycles. The second-order valence-electron chi connectivity index (χ2n) is 3.33. The van der Waals surface area contributed by atoms with Gasteiger partial charge in [-0.2, -0.15) is 8.42 Å². The van der Waals surface area contributed by atoms with Crippen LogP contribution < -0.4 is 0 Å². The van der Waals surface area contributed by atoms with Gasteiger partial charge in [0.1, 0.15) is 6.17 Å². The summed E-state index contributed by atoms with van der Waals surface area (Å²) in [6, 6.07) is 0. The zero-order valence-electron chi connectivity index (χ0n) is 7.70. The summed E-state index contributed by atoms with van der Waals surface area (Å²) in [6.07, 6.45) is 0.787. The van der Waals surface area contributed by atoms with Gasteiger partial charge in [0.2, 0.25) is 0 Å². The van der Waals surface area contributed by atoms with Crippen molar-refractivity contribution in [2.45, 2.75) is 44.9 Å². The Morgan fingerprint density at radius 1 is 1.46 bits per heavy atom. The van der Waals surface area contributed by atoms with Crippen LogP contribution in [0.2, 0.25) is 0 Å². The first-order valence-corrected chi connectivity index (χ1v) is 6.16. The topological polar surface area (TPSA) is 43.4 Å². The maximum atomic E-state index is 12.8. The van der Waals surface area contributed by atoms with Crippen molar-refractivity contribution in [1.29, 1.82) is 0 Å². The van der Waals surface area contributed by atoms with E-state index in [1.807, 2.05) is 0 Å². The van der Waals surface area contributed by atoms with Crippen LogP contribution in [0.25, 0.3) is 0 Å². The fraction of sp³-hybridized carbons (Fsp3) is 1.00. The van der Waals surface area contributed by atoms with Crippen molar-refractivity contribution >= 4 is 10.1 Å². The molecule has 78 valence electrons. The molecule has 0 aliphatic heterocycles. The fourth-order valence-electron chi connectivity index (χ4n) is 1.45. The lowest BCUT2D eigenvalue weighted by atomic mass is 9.96. The number of halogens is 1. The molecule has 1 aliphatic carbocycles. The highest BCUT2D eigenvalue weighted by molar-refractivity contribution is 7.86. The van der Waals surface area contributed by atoms with Gasteiger partial charge in [-0.3, -0.25) is 4.18 Å². The van der Waals surface area contributed by atoms with Gasteiger partial charge in [-0.05, 0) is 26.2 Å². The third kappa shape index (κ3) is 3.60. The van der Waals surface area contributed by atoms with E-state index in [2.05, 4.69) is 0 Å². The van der Waals surface area contributed by atoms with Crippen molar-refractivity contribution in [3.05, 3.63) is 0 Å². The second kappa shape index (κ2) is 4.37. The van der Waals surface area contributed by atoms with Gasteiger partial charge < -0.3 is 0 Å². The summed E-state index contributed by atoms with van der Waals surface area (Å²) in [5.74, 6) is -0.0412. The second-order valence-corrected chi connectivity index (χ2v) is 5.21. The van der Waals surface area contributed by atoms with Gasteiger partial charge >= 0.3 is 0 Å². The van der Waals surface area contributed by atoms with Crippen LogP contribution in [0, 0.1) is 0 Å². The SMILES string of the molecule is CCS(=O)(=O)OC1CCCC(F)C1. The van der Waals surface area contributed by atoms with Crippen molar-refractivity contribution in [1.82, 2.24) is 0 Å². The minimum atomic E-state index is -3.41. The zero-order chi connectivity index (χ0) is 9.90. The van der Waals surface area contributed by atoms with E-state index in [1.54, 1.807) is 0 Å². The van der Waals surface area contributed by atoms with E-state index in [-0.39, 0.29) is 12.2 Å². The first-order valence-electron chi connectivity index (χ1n) is 4.58. The van der Waals surface area contributed by atoms with Crippen molar-refractivity contribution in [3.63, 3.8) is 0 Å². The molecule has 2 unspecified atom stereocenters. The lowest BCUT2D eigenvalue weighted by Gasteiger charge is -2.23. The number of hydrogen-bond acceptors (Lipinski definition) is 3. The van der Waals surface area contributed by atoms with Crippen LogP contribution >= 0.6 is 0 Å². The van der Waals surface area contributed by atoms with Crippen LogP contribution in [-0.2, 0) is 14.3 Å². The first-order chi connectivity index (χ1) is 6.03. The van der Waals surface area contributed by atoms with Crippen LogP contribution in [0.15, 0.2) is 0 Å². The highest BCUT2D eigenvalue weighted by Crippen LogP contribution is 2.24. The highest BCUT2D eigenvalue weighted by Gasteiger charge is 2.25. The summed E-state index contributed by atoms with van der Waals surface area (Å²) < 4.78 is 39.7. The molecule has 0 aromatic rings.